The number of rotatable bonds is 4. The lowest BCUT2D eigenvalue weighted by atomic mass is 10.2. The van der Waals surface area contributed by atoms with E-state index in [1.807, 2.05) is 36.4 Å². The molecule has 88 valence electrons. The number of nitrogens with zero attached hydrogens (tertiary/aromatic N) is 1. The van der Waals surface area contributed by atoms with Gasteiger partial charge in [-0.2, -0.15) is 0 Å². The zero-order valence-electron chi connectivity index (χ0n) is 9.24. The lowest BCUT2D eigenvalue weighted by Crippen LogP contribution is -2.24. The molecular weight excluding hydrogens is 218 g/mol. The van der Waals surface area contributed by atoms with Gasteiger partial charge in [-0.05, 0) is 18.1 Å². The smallest absolute Gasteiger partial charge is 0.354 e. The number of hydrogen-bond donors (Lipinski definition) is 1. The Hall–Kier alpha value is -2.07. The predicted molar refractivity (Wildman–Crippen MR) is 62.5 cm³/mol. The predicted octanol–water partition coefficient (Wildman–Crippen LogP) is 2.31. The highest BCUT2D eigenvalue weighted by molar-refractivity contribution is 5.86. The van der Waals surface area contributed by atoms with Crippen molar-refractivity contribution < 1.29 is 14.7 Å². The molecule has 0 saturated carbocycles. The SMILES string of the molecule is O=C(O)C1=CCC=CN1OCc1ccccc1. The molecule has 1 heterocycles. The Morgan fingerprint density at radius 2 is 2.12 bits per heavy atom. The highest BCUT2D eigenvalue weighted by Gasteiger charge is 2.17. The number of allylic oxidation sites excluding steroid dienone is 2. The van der Waals surface area contributed by atoms with Crippen LogP contribution in [-0.4, -0.2) is 16.1 Å². The molecule has 0 spiro atoms. The molecule has 1 aromatic carbocycles. The fraction of sp³-hybridized carbons (Fsp3) is 0.154. The zero-order chi connectivity index (χ0) is 12.1. The molecule has 4 nitrogen and oxygen atoms in total. The van der Waals surface area contributed by atoms with Gasteiger partial charge in [-0.3, -0.25) is 4.84 Å². The fourth-order valence-corrected chi connectivity index (χ4v) is 1.52. The van der Waals surface area contributed by atoms with Crippen molar-refractivity contribution in [2.24, 2.45) is 0 Å². The van der Waals surface area contributed by atoms with Gasteiger partial charge in [-0.1, -0.05) is 36.4 Å². The summed E-state index contributed by atoms with van der Waals surface area (Å²) in [6.45, 7) is 0.343. The van der Waals surface area contributed by atoms with Crippen molar-refractivity contribution in [2.75, 3.05) is 0 Å². The maximum absolute atomic E-state index is 11.0. The zero-order valence-corrected chi connectivity index (χ0v) is 9.24. The van der Waals surface area contributed by atoms with Gasteiger partial charge in [0, 0.05) is 6.20 Å². The van der Waals surface area contributed by atoms with Crippen LogP contribution in [0.1, 0.15) is 12.0 Å². The number of carbonyl (C=O) groups is 1. The third kappa shape index (κ3) is 2.95. The first-order valence-corrected chi connectivity index (χ1v) is 5.33. The van der Waals surface area contributed by atoms with Crippen molar-refractivity contribution in [3.63, 3.8) is 0 Å². The van der Waals surface area contributed by atoms with Gasteiger partial charge in [-0.25, -0.2) is 9.86 Å². The summed E-state index contributed by atoms with van der Waals surface area (Å²) in [5.41, 5.74) is 1.15. The summed E-state index contributed by atoms with van der Waals surface area (Å²) in [5.74, 6) is -0.984. The van der Waals surface area contributed by atoms with E-state index in [2.05, 4.69) is 0 Å². The topological polar surface area (TPSA) is 49.8 Å². The Kier molecular flexibility index (Phi) is 3.57. The van der Waals surface area contributed by atoms with Gasteiger partial charge in [0.15, 0.2) is 0 Å². The van der Waals surface area contributed by atoms with Gasteiger partial charge in [-0.15, -0.1) is 0 Å². The van der Waals surface area contributed by atoms with Gasteiger partial charge in [0.1, 0.15) is 12.3 Å². The van der Waals surface area contributed by atoms with E-state index in [1.54, 1.807) is 12.3 Å². The van der Waals surface area contributed by atoms with E-state index >= 15 is 0 Å². The molecule has 0 fully saturated rings. The van der Waals surface area contributed by atoms with E-state index in [1.165, 1.54) is 5.06 Å². The summed E-state index contributed by atoms with van der Waals surface area (Å²) in [5, 5.41) is 10.3. The second-order valence-electron chi connectivity index (χ2n) is 3.60. The summed E-state index contributed by atoms with van der Waals surface area (Å²) < 4.78 is 0. The standard InChI is InChI=1S/C13H13NO3/c15-13(16)12-8-4-5-9-14(12)17-10-11-6-2-1-3-7-11/h1-3,5-9H,4,10H2,(H,15,16). The molecule has 17 heavy (non-hydrogen) atoms. The average Bonchev–Trinajstić information content (AvgIpc) is 2.38. The molecule has 0 bridgehead atoms. The first-order valence-electron chi connectivity index (χ1n) is 5.33. The molecule has 0 aliphatic carbocycles. The molecule has 1 N–H and O–H groups in total. The van der Waals surface area contributed by atoms with Crippen LogP contribution in [-0.2, 0) is 16.2 Å². The number of aliphatic carboxylic acids is 1. The van der Waals surface area contributed by atoms with Crippen molar-refractivity contribution in [2.45, 2.75) is 13.0 Å². The van der Waals surface area contributed by atoms with Gasteiger partial charge in [0.25, 0.3) is 0 Å². The Balaban J connectivity index is 1.98. The Morgan fingerprint density at radius 3 is 2.82 bits per heavy atom. The number of carboxylic acid groups (broad SMARTS) is 1. The lowest BCUT2D eigenvalue weighted by Gasteiger charge is -2.22. The molecule has 4 heteroatoms. The maximum Gasteiger partial charge on any atom is 0.354 e. The number of hydrogen-bond acceptors (Lipinski definition) is 3. The molecular formula is C13H13NO3. The molecule has 1 aliphatic heterocycles. The minimum atomic E-state index is -0.984. The summed E-state index contributed by atoms with van der Waals surface area (Å²) in [6.07, 6.45) is 5.71. The van der Waals surface area contributed by atoms with Crippen LogP contribution in [0, 0.1) is 0 Å². The van der Waals surface area contributed by atoms with Gasteiger partial charge in [0.2, 0.25) is 0 Å². The molecule has 0 saturated heterocycles. The maximum atomic E-state index is 11.0. The van der Waals surface area contributed by atoms with Crippen LogP contribution in [0.15, 0.2) is 54.4 Å². The number of hydroxylamine groups is 2. The second-order valence-corrected chi connectivity index (χ2v) is 3.60. The van der Waals surface area contributed by atoms with Gasteiger partial charge in [0.05, 0.1) is 0 Å². The summed E-state index contributed by atoms with van der Waals surface area (Å²) in [6, 6.07) is 9.61. The molecule has 0 amide bonds. The van der Waals surface area contributed by atoms with Crippen LogP contribution in [0.2, 0.25) is 0 Å². The van der Waals surface area contributed by atoms with Crippen LogP contribution in [0.25, 0.3) is 0 Å². The molecule has 0 radical (unpaired) electrons. The van der Waals surface area contributed by atoms with Crippen molar-refractivity contribution in [3.8, 4) is 0 Å². The Bertz CT molecular complexity index is 451. The van der Waals surface area contributed by atoms with Crippen molar-refractivity contribution in [1.82, 2.24) is 5.06 Å². The largest absolute Gasteiger partial charge is 0.477 e. The Labute approximate surface area is 99.4 Å². The van der Waals surface area contributed by atoms with Crippen LogP contribution in [0.5, 0.6) is 0 Å². The quantitative estimate of drug-likeness (QED) is 0.863. The first-order chi connectivity index (χ1) is 8.27. The summed E-state index contributed by atoms with van der Waals surface area (Å²) in [7, 11) is 0. The fourth-order valence-electron chi connectivity index (χ4n) is 1.52. The van der Waals surface area contributed by atoms with Crippen LogP contribution in [0.4, 0.5) is 0 Å². The van der Waals surface area contributed by atoms with Crippen LogP contribution >= 0.6 is 0 Å². The Morgan fingerprint density at radius 1 is 1.35 bits per heavy atom. The van der Waals surface area contributed by atoms with Crippen molar-refractivity contribution in [1.29, 1.82) is 0 Å². The molecule has 2 rings (SSSR count). The first kappa shape index (κ1) is 11.4. The highest BCUT2D eigenvalue weighted by atomic mass is 16.7. The minimum absolute atomic E-state index is 0.156. The highest BCUT2D eigenvalue weighted by Crippen LogP contribution is 2.15. The van der Waals surface area contributed by atoms with E-state index in [9.17, 15) is 4.79 Å². The van der Waals surface area contributed by atoms with Crippen molar-refractivity contribution >= 4 is 5.97 Å². The lowest BCUT2D eigenvalue weighted by molar-refractivity contribution is -0.148. The summed E-state index contributed by atoms with van der Waals surface area (Å²) in [4.78, 5) is 16.4. The third-order valence-electron chi connectivity index (χ3n) is 2.36. The van der Waals surface area contributed by atoms with E-state index < -0.39 is 5.97 Å². The van der Waals surface area contributed by atoms with E-state index in [4.69, 9.17) is 9.94 Å². The monoisotopic (exact) mass is 231 g/mol. The van der Waals surface area contributed by atoms with Gasteiger partial charge >= 0.3 is 5.97 Å². The summed E-state index contributed by atoms with van der Waals surface area (Å²) >= 11 is 0. The number of benzene rings is 1. The van der Waals surface area contributed by atoms with E-state index in [-0.39, 0.29) is 5.70 Å². The molecule has 1 aliphatic rings. The molecule has 0 aromatic heterocycles. The molecule has 1 aromatic rings. The van der Waals surface area contributed by atoms with E-state index in [0.29, 0.717) is 13.0 Å². The van der Waals surface area contributed by atoms with Crippen LogP contribution in [0.3, 0.4) is 0 Å². The van der Waals surface area contributed by atoms with E-state index in [0.717, 1.165) is 5.56 Å². The average molecular weight is 231 g/mol. The van der Waals surface area contributed by atoms with Crippen LogP contribution < -0.4 is 0 Å². The molecule has 0 atom stereocenters. The number of carboxylic acids is 1. The third-order valence-corrected chi connectivity index (χ3v) is 2.36. The molecule has 0 unspecified atom stereocenters. The normalized spacial score (nSPS) is 14.6. The second kappa shape index (κ2) is 5.32. The van der Waals surface area contributed by atoms with Gasteiger partial charge < -0.3 is 5.11 Å². The minimum Gasteiger partial charge on any atom is -0.477 e. The van der Waals surface area contributed by atoms with Crippen molar-refractivity contribution in [3.05, 3.63) is 59.9 Å².